The first-order valence-corrected chi connectivity index (χ1v) is 9.90. The minimum absolute atomic E-state index is 0.193. The van der Waals surface area contributed by atoms with Crippen LogP contribution in [0.25, 0.3) is 0 Å². The second-order valence-corrected chi connectivity index (χ2v) is 7.67. The maximum atomic E-state index is 12.7. The lowest BCUT2D eigenvalue weighted by Gasteiger charge is -2.13. The number of benzene rings is 2. The molecular weight excluding hydrogens is 404 g/mol. The molecule has 0 saturated carbocycles. The predicted octanol–water partition coefficient (Wildman–Crippen LogP) is 5.78. The van der Waals surface area contributed by atoms with Gasteiger partial charge in [0, 0.05) is 16.9 Å². The summed E-state index contributed by atoms with van der Waals surface area (Å²) in [7, 11) is 0. The zero-order valence-corrected chi connectivity index (χ0v) is 17.7. The molecule has 0 spiro atoms. The van der Waals surface area contributed by atoms with Crippen molar-refractivity contribution >= 4 is 34.8 Å². The number of anilines is 2. The van der Waals surface area contributed by atoms with E-state index in [1.54, 1.807) is 48.5 Å². The maximum absolute atomic E-state index is 12.7. The lowest BCUT2D eigenvalue weighted by Crippen LogP contribution is -2.15. The number of halogens is 1. The van der Waals surface area contributed by atoms with Gasteiger partial charge in [0.2, 0.25) is 0 Å². The summed E-state index contributed by atoms with van der Waals surface area (Å²) in [5.41, 5.74) is 2.29. The molecule has 1 heterocycles. The van der Waals surface area contributed by atoms with Crippen LogP contribution >= 0.6 is 11.6 Å². The molecule has 0 bridgehead atoms. The van der Waals surface area contributed by atoms with E-state index in [-0.39, 0.29) is 17.6 Å². The van der Waals surface area contributed by atoms with Crippen molar-refractivity contribution in [1.29, 1.82) is 0 Å². The summed E-state index contributed by atoms with van der Waals surface area (Å²) < 4.78 is 10.7. The Labute approximate surface area is 180 Å². The molecule has 0 aliphatic rings. The van der Waals surface area contributed by atoms with E-state index in [9.17, 15) is 9.59 Å². The molecule has 30 heavy (non-hydrogen) atoms. The minimum atomic E-state index is -0.385. The quantitative estimate of drug-likeness (QED) is 0.501. The summed E-state index contributed by atoms with van der Waals surface area (Å²) in [6, 6.07) is 13.4. The van der Waals surface area contributed by atoms with Gasteiger partial charge >= 0.3 is 0 Å². The first kappa shape index (κ1) is 21.5. The third kappa shape index (κ3) is 5.42. The highest BCUT2D eigenvalue weighted by Crippen LogP contribution is 2.28. The minimum Gasteiger partial charge on any atom is -0.492 e. The van der Waals surface area contributed by atoms with E-state index in [2.05, 4.69) is 24.5 Å². The molecule has 7 heteroatoms. The molecule has 6 nitrogen and oxygen atoms in total. The van der Waals surface area contributed by atoms with Crippen LogP contribution in [0.3, 0.4) is 0 Å². The lowest BCUT2D eigenvalue weighted by molar-refractivity contribution is 0.0993. The number of ether oxygens (including phenoxy) is 1. The van der Waals surface area contributed by atoms with E-state index < -0.39 is 0 Å². The number of nitrogens with one attached hydrogen (secondary N) is 2. The fourth-order valence-electron chi connectivity index (χ4n) is 2.64. The number of carbonyl (C=O) groups is 2. The zero-order chi connectivity index (χ0) is 21.7. The Bertz CT molecular complexity index is 1050. The maximum Gasteiger partial charge on any atom is 0.291 e. The average Bonchev–Trinajstić information content (AvgIpc) is 3.24. The summed E-state index contributed by atoms with van der Waals surface area (Å²) in [5.74, 6) is 0.435. The Morgan fingerprint density at radius 2 is 1.87 bits per heavy atom. The fraction of sp³-hybridized carbons (Fsp3) is 0.217. The third-order valence-electron chi connectivity index (χ3n) is 4.25. The van der Waals surface area contributed by atoms with Gasteiger partial charge in [-0.1, -0.05) is 31.5 Å². The third-order valence-corrected chi connectivity index (χ3v) is 4.55. The molecule has 2 amide bonds. The molecule has 3 rings (SSSR count). The fourth-order valence-corrected chi connectivity index (χ4v) is 2.88. The Hall–Kier alpha value is -3.25. The summed E-state index contributed by atoms with van der Waals surface area (Å²) in [6.45, 7) is 6.50. The molecule has 3 aromatic rings. The Kier molecular flexibility index (Phi) is 6.79. The molecule has 2 N–H and O–H groups in total. The van der Waals surface area contributed by atoms with Gasteiger partial charge in [-0.15, -0.1) is 0 Å². The number of furan rings is 1. The standard InChI is InChI=1S/C23H23ClN2O4/c1-14(2)13-30-20-9-8-17(12-18(20)24)25-22(27)16-7-6-15(3)19(11-16)26-23(28)21-5-4-10-29-21/h4-12,14H,13H2,1-3H3,(H,25,27)(H,26,28). The van der Waals surface area contributed by atoms with Gasteiger partial charge in [-0.25, -0.2) is 0 Å². The molecule has 0 saturated heterocycles. The topological polar surface area (TPSA) is 80.6 Å². The predicted molar refractivity (Wildman–Crippen MR) is 118 cm³/mol. The van der Waals surface area contributed by atoms with Crippen LogP contribution in [-0.2, 0) is 0 Å². The monoisotopic (exact) mass is 426 g/mol. The van der Waals surface area contributed by atoms with Gasteiger partial charge in [0.1, 0.15) is 5.75 Å². The molecular formula is C23H23ClN2O4. The normalized spacial score (nSPS) is 10.7. The van der Waals surface area contributed by atoms with Crippen molar-refractivity contribution < 1.29 is 18.7 Å². The van der Waals surface area contributed by atoms with Crippen LogP contribution in [0.2, 0.25) is 5.02 Å². The van der Waals surface area contributed by atoms with Gasteiger partial charge in [0.25, 0.3) is 11.8 Å². The highest BCUT2D eigenvalue weighted by atomic mass is 35.5. The molecule has 0 fully saturated rings. The van der Waals surface area contributed by atoms with Gasteiger partial charge < -0.3 is 19.8 Å². The summed E-state index contributed by atoms with van der Waals surface area (Å²) in [6.07, 6.45) is 1.43. The van der Waals surface area contributed by atoms with Crippen molar-refractivity contribution in [2.45, 2.75) is 20.8 Å². The molecule has 0 unspecified atom stereocenters. The van der Waals surface area contributed by atoms with E-state index in [0.29, 0.717) is 40.2 Å². The highest BCUT2D eigenvalue weighted by molar-refractivity contribution is 6.32. The van der Waals surface area contributed by atoms with Crippen LogP contribution in [0.15, 0.2) is 59.2 Å². The molecule has 0 atom stereocenters. The lowest BCUT2D eigenvalue weighted by atomic mass is 10.1. The molecule has 1 aromatic heterocycles. The van der Waals surface area contributed by atoms with Crippen LogP contribution in [0, 0.1) is 12.8 Å². The zero-order valence-electron chi connectivity index (χ0n) is 17.0. The second-order valence-electron chi connectivity index (χ2n) is 7.27. The van der Waals surface area contributed by atoms with Gasteiger partial charge in [-0.2, -0.15) is 0 Å². The molecule has 0 radical (unpaired) electrons. The highest BCUT2D eigenvalue weighted by Gasteiger charge is 2.14. The van der Waals surface area contributed by atoms with Gasteiger partial charge in [-0.3, -0.25) is 9.59 Å². The SMILES string of the molecule is Cc1ccc(C(=O)Nc2ccc(OCC(C)C)c(Cl)c2)cc1NC(=O)c1ccco1. The van der Waals surface area contributed by atoms with E-state index in [1.807, 2.05) is 6.92 Å². The van der Waals surface area contributed by atoms with E-state index >= 15 is 0 Å². The molecule has 156 valence electrons. The van der Waals surface area contributed by atoms with Crippen LogP contribution < -0.4 is 15.4 Å². The van der Waals surface area contributed by atoms with Crippen LogP contribution in [0.5, 0.6) is 5.75 Å². The van der Waals surface area contributed by atoms with Gasteiger partial charge in [-0.05, 0) is 60.9 Å². The average molecular weight is 427 g/mol. The number of hydrogen-bond donors (Lipinski definition) is 2. The molecule has 2 aromatic carbocycles. The van der Waals surface area contributed by atoms with Crippen LogP contribution in [0.4, 0.5) is 11.4 Å². The Balaban J connectivity index is 1.71. The smallest absolute Gasteiger partial charge is 0.291 e. The van der Waals surface area contributed by atoms with E-state index in [0.717, 1.165) is 5.56 Å². The van der Waals surface area contributed by atoms with Crippen LogP contribution in [-0.4, -0.2) is 18.4 Å². The number of amides is 2. The van der Waals surface area contributed by atoms with E-state index in [1.165, 1.54) is 6.26 Å². The number of hydrogen-bond acceptors (Lipinski definition) is 4. The van der Waals surface area contributed by atoms with Crippen molar-refractivity contribution in [2.75, 3.05) is 17.2 Å². The van der Waals surface area contributed by atoms with Crippen molar-refractivity contribution in [3.8, 4) is 5.75 Å². The van der Waals surface area contributed by atoms with E-state index in [4.69, 9.17) is 20.8 Å². The van der Waals surface area contributed by atoms with Crippen LogP contribution in [0.1, 0.15) is 40.3 Å². The largest absolute Gasteiger partial charge is 0.492 e. The Morgan fingerprint density at radius 3 is 2.53 bits per heavy atom. The summed E-state index contributed by atoms with van der Waals surface area (Å²) in [4.78, 5) is 24.9. The van der Waals surface area contributed by atoms with Crippen molar-refractivity contribution in [2.24, 2.45) is 5.92 Å². The number of rotatable bonds is 7. The summed E-state index contributed by atoms with van der Waals surface area (Å²) in [5, 5.41) is 5.99. The van der Waals surface area contributed by atoms with Gasteiger partial charge in [0.05, 0.1) is 17.9 Å². The molecule has 0 aliphatic heterocycles. The summed E-state index contributed by atoms with van der Waals surface area (Å²) >= 11 is 6.26. The number of carbonyl (C=O) groups excluding carboxylic acids is 2. The van der Waals surface area contributed by atoms with Crippen molar-refractivity contribution in [3.63, 3.8) is 0 Å². The first-order valence-electron chi connectivity index (χ1n) is 9.52. The first-order chi connectivity index (χ1) is 14.3. The van der Waals surface area contributed by atoms with Crippen molar-refractivity contribution in [1.82, 2.24) is 0 Å². The molecule has 0 aliphatic carbocycles. The second kappa shape index (κ2) is 9.50. The van der Waals surface area contributed by atoms with Gasteiger partial charge in [0.15, 0.2) is 5.76 Å². The Morgan fingerprint density at radius 1 is 1.07 bits per heavy atom. The number of aryl methyl sites for hydroxylation is 1. The van der Waals surface area contributed by atoms with Crippen molar-refractivity contribution in [3.05, 3.63) is 76.7 Å².